The SMILES string of the molecule is O=C(CCNS(=O)(=O)c1cccnc1)N(CCc1ccccc1)Cc1ccccc1. The topological polar surface area (TPSA) is 79.4 Å². The third-order valence-electron chi connectivity index (χ3n) is 4.66. The maximum absolute atomic E-state index is 12.9. The van der Waals surface area contributed by atoms with Gasteiger partial charge in [0.25, 0.3) is 0 Å². The van der Waals surface area contributed by atoms with Crippen LogP contribution in [0, 0.1) is 0 Å². The van der Waals surface area contributed by atoms with Crippen LogP contribution in [0.25, 0.3) is 0 Å². The lowest BCUT2D eigenvalue weighted by Gasteiger charge is -2.23. The van der Waals surface area contributed by atoms with Crippen LogP contribution in [0.3, 0.4) is 0 Å². The van der Waals surface area contributed by atoms with Crippen LogP contribution < -0.4 is 4.72 Å². The molecule has 0 spiro atoms. The number of amides is 1. The van der Waals surface area contributed by atoms with Crippen molar-refractivity contribution in [3.05, 3.63) is 96.3 Å². The van der Waals surface area contributed by atoms with E-state index < -0.39 is 10.0 Å². The molecule has 156 valence electrons. The maximum Gasteiger partial charge on any atom is 0.242 e. The number of benzene rings is 2. The Balaban J connectivity index is 1.60. The third kappa shape index (κ3) is 6.50. The number of sulfonamides is 1. The van der Waals surface area contributed by atoms with Crippen LogP contribution in [-0.2, 0) is 27.8 Å². The van der Waals surface area contributed by atoms with E-state index in [4.69, 9.17) is 0 Å². The summed E-state index contributed by atoms with van der Waals surface area (Å²) in [6.07, 6.45) is 3.62. The zero-order valence-electron chi connectivity index (χ0n) is 16.6. The van der Waals surface area contributed by atoms with E-state index in [1.807, 2.05) is 60.7 Å². The van der Waals surface area contributed by atoms with Gasteiger partial charge >= 0.3 is 0 Å². The standard InChI is InChI=1S/C23H25N3O3S/c27-23(13-16-25-30(28,29)22-12-7-15-24-18-22)26(19-21-10-5-2-6-11-21)17-14-20-8-3-1-4-9-20/h1-12,15,18,25H,13-14,16-17,19H2. The molecule has 1 N–H and O–H groups in total. The molecule has 30 heavy (non-hydrogen) atoms. The maximum atomic E-state index is 12.9. The molecule has 0 saturated carbocycles. The Bertz CT molecular complexity index is 1030. The molecule has 6 nitrogen and oxygen atoms in total. The predicted molar refractivity (Wildman–Crippen MR) is 116 cm³/mol. The summed E-state index contributed by atoms with van der Waals surface area (Å²) in [6.45, 7) is 1.08. The van der Waals surface area contributed by atoms with E-state index in [2.05, 4.69) is 9.71 Å². The average Bonchev–Trinajstić information content (AvgIpc) is 2.78. The van der Waals surface area contributed by atoms with Crippen LogP contribution >= 0.6 is 0 Å². The minimum absolute atomic E-state index is 0.0344. The van der Waals surface area contributed by atoms with Gasteiger partial charge in [-0.3, -0.25) is 9.78 Å². The van der Waals surface area contributed by atoms with Crippen molar-refractivity contribution in [3.63, 3.8) is 0 Å². The van der Waals surface area contributed by atoms with Gasteiger partial charge in [-0.15, -0.1) is 0 Å². The van der Waals surface area contributed by atoms with Crippen molar-refractivity contribution < 1.29 is 13.2 Å². The van der Waals surface area contributed by atoms with Gasteiger partial charge in [0, 0.05) is 38.4 Å². The molecule has 0 aliphatic carbocycles. The largest absolute Gasteiger partial charge is 0.338 e. The van der Waals surface area contributed by atoms with Gasteiger partial charge in [-0.1, -0.05) is 60.7 Å². The van der Waals surface area contributed by atoms with E-state index in [0.29, 0.717) is 13.1 Å². The number of carbonyl (C=O) groups excluding carboxylic acids is 1. The molecule has 0 saturated heterocycles. The Morgan fingerprint density at radius 2 is 1.57 bits per heavy atom. The molecule has 0 radical (unpaired) electrons. The van der Waals surface area contributed by atoms with Crippen LogP contribution in [0.5, 0.6) is 0 Å². The average molecular weight is 424 g/mol. The lowest BCUT2D eigenvalue weighted by atomic mass is 10.1. The third-order valence-corrected chi connectivity index (χ3v) is 6.10. The van der Waals surface area contributed by atoms with Gasteiger partial charge in [0.15, 0.2) is 0 Å². The van der Waals surface area contributed by atoms with Gasteiger partial charge in [0.2, 0.25) is 15.9 Å². The quantitative estimate of drug-likeness (QED) is 0.544. The Kier molecular flexibility index (Phi) is 7.70. The normalized spacial score (nSPS) is 11.2. The van der Waals surface area contributed by atoms with Gasteiger partial charge in [-0.05, 0) is 29.7 Å². The number of carbonyl (C=O) groups is 1. The van der Waals surface area contributed by atoms with Crippen LogP contribution in [0.2, 0.25) is 0 Å². The number of rotatable bonds is 10. The minimum atomic E-state index is -3.68. The first-order valence-electron chi connectivity index (χ1n) is 9.80. The molecule has 3 rings (SSSR count). The highest BCUT2D eigenvalue weighted by Crippen LogP contribution is 2.10. The fourth-order valence-electron chi connectivity index (χ4n) is 3.04. The van der Waals surface area contributed by atoms with Crippen molar-refractivity contribution in [1.82, 2.24) is 14.6 Å². The predicted octanol–water partition coefficient (Wildman–Crippen LogP) is 3.02. The van der Waals surface area contributed by atoms with Gasteiger partial charge < -0.3 is 4.90 Å². The summed E-state index contributed by atoms with van der Waals surface area (Å²) in [6, 6.07) is 22.8. The number of aromatic nitrogens is 1. The Hall–Kier alpha value is -3.03. The molecule has 2 aromatic carbocycles. The van der Waals surface area contributed by atoms with Gasteiger partial charge in [0.05, 0.1) is 0 Å². The number of hydrogen-bond acceptors (Lipinski definition) is 4. The summed E-state index contributed by atoms with van der Waals surface area (Å²) in [7, 11) is -3.68. The molecular formula is C23H25N3O3S. The number of hydrogen-bond donors (Lipinski definition) is 1. The molecule has 1 amide bonds. The fraction of sp³-hybridized carbons (Fsp3) is 0.217. The molecule has 1 aromatic heterocycles. The van der Waals surface area contributed by atoms with Crippen LogP contribution in [-0.4, -0.2) is 37.3 Å². The van der Waals surface area contributed by atoms with Crippen LogP contribution in [0.1, 0.15) is 17.5 Å². The molecular weight excluding hydrogens is 398 g/mol. The number of nitrogens with one attached hydrogen (secondary N) is 1. The van der Waals surface area contributed by atoms with Crippen molar-refractivity contribution in [2.75, 3.05) is 13.1 Å². The van der Waals surface area contributed by atoms with E-state index in [1.54, 1.807) is 11.0 Å². The lowest BCUT2D eigenvalue weighted by molar-refractivity contribution is -0.131. The van der Waals surface area contributed by atoms with Gasteiger partial charge in [-0.25, -0.2) is 13.1 Å². The first-order chi connectivity index (χ1) is 14.5. The van der Waals surface area contributed by atoms with Crippen LogP contribution in [0.15, 0.2) is 90.1 Å². The number of pyridine rings is 1. The van der Waals surface area contributed by atoms with Crippen molar-refractivity contribution in [2.45, 2.75) is 24.3 Å². The highest BCUT2D eigenvalue weighted by Gasteiger charge is 2.17. The summed E-state index contributed by atoms with van der Waals surface area (Å²) < 4.78 is 27.1. The Morgan fingerprint density at radius 1 is 0.900 bits per heavy atom. The molecule has 0 bridgehead atoms. The minimum Gasteiger partial charge on any atom is -0.338 e. The second kappa shape index (κ2) is 10.7. The highest BCUT2D eigenvalue weighted by molar-refractivity contribution is 7.89. The van der Waals surface area contributed by atoms with Crippen LogP contribution in [0.4, 0.5) is 0 Å². The first kappa shape index (κ1) is 21.7. The lowest BCUT2D eigenvalue weighted by Crippen LogP contribution is -2.35. The van der Waals surface area contributed by atoms with E-state index >= 15 is 0 Å². The Morgan fingerprint density at radius 3 is 2.20 bits per heavy atom. The summed E-state index contributed by atoms with van der Waals surface area (Å²) in [5, 5.41) is 0. The second-order valence-corrected chi connectivity index (χ2v) is 8.64. The van der Waals surface area contributed by atoms with Crippen molar-refractivity contribution >= 4 is 15.9 Å². The van der Waals surface area contributed by atoms with E-state index in [-0.39, 0.29) is 23.8 Å². The zero-order valence-corrected chi connectivity index (χ0v) is 17.5. The number of nitrogens with zero attached hydrogens (tertiary/aromatic N) is 2. The van der Waals surface area contributed by atoms with Crippen molar-refractivity contribution in [2.24, 2.45) is 0 Å². The highest BCUT2D eigenvalue weighted by atomic mass is 32.2. The molecule has 0 fully saturated rings. The molecule has 0 aliphatic rings. The molecule has 7 heteroatoms. The first-order valence-corrected chi connectivity index (χ1v) is 11.3. The smallest absolute Gasteiger partial charge is 0.242 e. The molecule has 3 aromatic rings. The molecule has 0 aliphatic heterocycles. The Labute approximate surface area is 177 Å². The van der Waals surface area contributed by atoms with Crippen molar-refractivity contribution in [3.8, 4) is 0 Å². The molecule has 0 unspecified atom stereocenters. The fourth-order valence-corrected chi connectivity index (χ4v) is 4.04. The summed E-state index contributed by atoms with van der Waals surface area (Å²) in [5.41, 5.74) is 2.19. The summed E-state index contributed by atoms with van der Waals surface area (Å²) >= 11 is 0. The van der Waals surface area contributed by atoms with Gasteiger partial charge in [-0.2, -0.15) is 0 Å². The van der Waals surface area contributed by atoms with Gasteiger partial charge in [0.1, 0.15) is 4.90 Å². The van der Waals surface area contributed by atoms with E-state index in [1.165, 1.54) is 18.5 Å². The molecule has 1 heterocycles. The second-order valence-electron chi connectivity index (χ2n) is 6.87. The van der Waals surface area contributed by atoms with E-state index in [0.717, 1.165) is 17.5 Å². The summed E-state index contributed by atoms with van der Waals surface area (Å²) in [5.74, 6) is -0.0938. The van der Waals surface area contributed by atoms with E-state index in [9.17, 15) is 13.2 Å². The summed E-state index contributed by atoms with van der Waals surface area (Å²) in [4.78, 5) is 18.6. The monoisotopic (exact) mass is 423 g/mol. The van der Waals surface area contributed by atoms with Crippen molar-refractivity contribution in [1.29, 1.82) is 0 Å². The molecule has 0 atom stereocenters. The zero-order chi connectivity index (χ0) is 21.2.